The summed E-state index contributed by atoms with van der Waals surface area (Å²) in [6.45, 7) is 3.75. The van der Waals surface area contributed by atoms with Gasteiger partial charge in [-0.2, -0.15) is 0 Å². The minimum absolute atomic E-state index is 0.0751. The average Bonchev–Trinajstić information content (AvgIpc) is 2.40. The highest BCUT2D eigenvalue weighted by Crippen LogP contribution is 2.21. The van der Waals surface area contributed by atoms with Crippen LogP contribution in [0.5, 0.6) is 0 Å². The Morgan fingerprint density at radius 3 is 2.35 bits per heavy atom. The summed E-state index contributed by atoms with van der Waals surface area (Å²) in [5.74, 6) is -1.12. The third kappa shape index (κ3) is 4.53. The van der Waals surface area contributed by atoms with Gasteiger partial charge in [-0.15, -0.1) is 0 Å². The van der Waals surface area contributed by atoms with Crippen molar-refractivity contribution in [2.24, 2.45) is 0 Å². The van der Waals surface area contributed by atoms with Crippen molar-refractivity contribution in [2.45, 2.75) is 45.1 Å². The molecule has 0 spiro atoms. The molecule has 0 atom stereocenters. The quantitative estimate of drug-likeness (QED) is 0.813. The number of halogens is 1. The van der Waals surface area contributed by atoms with Gasteiger partial charge < -0.3 is 10.4 Å². The number of rotatable bonds is 7. The van der Waals surface area contributed by atoms with E-state index in [4.69, 9.17) is 16.7 Å². The first-order chi connectivity index (χ1) is 9.42. The molecule has 5 heteroatoms. The fourth-order valence-electron chi connectivity index (χ4n) is 2.17. The molecule has 0 radical (unpaired) electrons. The maximum absolute atomic E-state index is 12.1. The summed E-state index contributed by atoms with van der Waals surface area (Å²) in [4.78, 5) is 23.1. The normalized spacial score (nSPS) is 11.2. The molecule has 1 aromatic carbocycles. The molecular formula is C15H20ClNO3. The number of carbonyl (C=O) groups excluding carboxylic acids is 1. The number of carboxylic acid groups (broad SMARTS) is 1. The highest BCUT2D eigenvalue weighted by molar-refractivity contribution is 6.31. The zero-order chi connectivity index (χ0) is 15.2. The van der Waals surface area contributed by atoms with Crippen LogP contribution in [-0.2, 0) is 16.0 Å². The molecule has 1 amide bonds. The van der Waals surface area contributed by atoms with Crippen LogP contribution in [0.4, 0.5) is 0 Å². The molecule has 0 aliphatic carbocycles. The van der Waals surface area contributed by atoms with E-state index in [1.54, 1.807) is 18.2 Å². The van der Waals surface area contributed by atoms with Crippen molar-refractivity contribution in [3.63, 3.8) is 0 Å². The Labute approximate surface area is 124 Å². The molecule has 0 saturated carbocycles. The van der Waals surface area contributed by atoms with Crippen LogP contribution < -0.4 is 5.32 Å². The molecule has 110 valence electrons. The van der Waals surface area contributed by atoms with Crippen LogP contribution in [0.2, 0.25) is 5.02 Å². The fraction of sp³-hybridized carbons (Fsp3) is 0.467. The Morgan fingerprint density at radius 2 is 1.85 bits per heavy atom. The number of carboxylic acids is 1. The lowest BCUT2D eigenvalue weighted by Gasteiger charge is -2.31. The monoisotopic (exact) mass is 297 g/mol. The molecule has 1 rings (SSSR count). The maximum Gasteiger partial charge on any atom is 0.305 e. The summed E-state index contributed by atoms with van der Waals surface area (Å²) < 4.78 is 0. The molecule has 20 heavy (non-hydrogen) atoms. The lowest BCUT2D eigenvalue weighted by atomic mass is 9.88. The number of nitrogens with one attached hydrogen (secondary N) is 1. The topological polar surface area (TPSA) is 66.4 Å². The predicted molar refractivity (Wildman–Crippen MR) is 78.9 cm³/mol. The summed E-state index contributed by atoms with van der Waals surface area (Å²) in [6, 6.07) is 7.14. The Kier molecular flexibility index (Phi) is 6.02. The van der Waals surface area contributed by atoms with Crippen molar-refractivity contribution in [1.82, 2.24) is 5.32 Å². The van der Waals surface area contributed by atoms with Crippen LogP contribution in [0.15, 0.2) is 24.3 Å². The van der Waals surface area contributed by atoms with Crippen molar-refractivity contribution in [3.8, 4) is 0 Å². The summed E-state index contributed by atoms with van der Waals surface area (Å²) >= 11 is 6.02. The minimum Gasteiger partial charge on any atom is -0.481 e. The van der Waals surface area contributed by atoms with Gasteiger partial charge in [0.1, 0.15) is 0 Å². The number of hydrogen-bond acceptors (Lipinski definition) is 2. The maximum atomic E-state index is 12.1. The van der Waals surface area contributed by atoms with E-state index in [9.17, 15) is 9.59 Å². The van der Waals surface area contributed by atoms with Crippen molar-refractivity contribution < 1.29 is 14.7 Å². The Morgan fingerprint density at radius 1 is 1.25 bits per heavy atom. The number of aliphatic carboxylic acids is 1. The first kappa shape index (κ1) is 16.5. The van der Waals surface area contributed by atoms with Gasteiger partial charge in [-0.1, -0.05) is 43.6 Å². The number of amides is 1. The molecular weight excluding hydrogens is 278 g/mol. The van der Waals surface area contributed by atoms with Crippen LogP contribution in [0.1, 0.15) is 38.7 Å². The van der Waals surface area contributed by atoms with Crippen molar-refractivity contribution in [2.75, 3.05) is 0 Å². The van der Waals surface area contributed by atoms with Gasteiger partial charge in [0.25, 0.3) is 0 Å². The van der Waals surface area contributed by atoms with E-state index >= 15 is 0 Å². The number of hydrogen-bond donors (Lipinski definition) is 2. The van der Waals surface area contributed by atoms with Gasteiger partial charge in [0.15, 0.2) is 0 Å². The molecule has 0 aromatic heterocycles. The second-order valence-electron chi connectivity index (χ2n) is 4.87. The fourth-order valence-corrected chi connectivity index (χ4v) is 2.37. The number of carbonyl (C=O) groups is 2. The number of benzene rings is 1. The highest BCUT2D eigenvalue weighted by atomic mass is 35.5. The third-order valence-corrected chi connectivity index (χ3v) is 3.93. The summed E-state index contributed by atoms with van der Waals surface area (Å²) in [5, 5.41) is 12.4. The van der Waals surface area contributed by atoms with E-state index in [0.717, 1.165) is 5.56 Å². The lowest BCUT2D eigenvalue weighted by molar-refractivity contribution is -0.139. The van der Waals surface area contributed by atoms with E-state index in [1.807, 2.05) is 19.9 Å². The standard InChI is InChI=1S/C15H20ClNO3/c1-3-15(4-2,10-14(19)20)17-13(18)9-11-7-5-6-8-12(11)16/h5-8H,3-4,9-10H2,1-2H3,(H,17,18)(H,19,20). The molecule has 1 aromatic rings. The smallest absolute Gasteiger partial charge is 0.305 e. The molecule has 0 aliphatic rings. The molecule has 0 unspecified atom stereocenters. The molecule has 0 saturated heterocycles. The van der Waals surface area contributed by atoms with Crippen molar-refractivity contribution in [3.05, 3.63) is 34.9 Å². The SMILES string of the molecule is CCC(CC)(CC(=O)O)NC(=O)Cc1ccccc1Cl. The highest BCUT2D eigenvalue weighted by Gasteiger charge is 2.30. The predicted octanol–water partition coefficient (Wildman–Crippen LogP) is 3.03. The van der Waals surface area contributed by atoms with E-state index < -0.39 is 11.5 Å². The minimum atomic E-state index is -0.910. The van der Waals surface area contributed by atoms with Crippen LogP contribution in [-0.4, -0.2) is 22.5 Å². The molecule has 0 aliphatic heterocycles. The molecule has 4 nitrogen and oxygen atoms in total. The second kappa shape index (κ2) is 7.29. The largest absolute Gasteiger partial charge is 0.481 e. The van der Waals surface area contributed by atoms with Gasteiger partial charge in [0, 0.05) is 10.6 Å². The van der Waals surface area contributed by atoms with Crippen LogP contribution in [0, 0.1) is 0 Å². The van der Waals surface area contributed by atoms with Gasteiger partial charge in [-0.25, -0.2) is 0 Å². The average molecular weight is 298 g/mol. The van der Waals surface area contributed by atoms with E-state index in [-0.39, 0.29) is 18.7 Å². The van der Waals surface area contributed by atoms with Gasteiger partial charge in [0.2, 0.25) is 5.91 Å². The van der Waals surface area contributed by atoms with Gasteiger partial charge >= 0.3 is 5.97 Å². The summed E-state index contributed by atoms with van der Waals surface area (Å²) in [6.07, 6.45) is 1.23. The van der Waals surface area contributed by atoms with E-state index in [0.29, 0.717) is 17.9 Å². The first-order valence-electron chi connectivity index (χ1n) is 6.68. The Bertz CT molecular complexity index is 484. The lowest BCUT2D eigenvalue weighted by Crippen LogP contribution is -2.49. The summed E-state index contributed by atoms with van der Waals surface area (Å²) in [5.41, 5.74) is 0.0487. The summed E-state index contributed by atoms with van der Waals surface area (Å²) in [7, 11) is 0. The van der Waals surface area contributed by atoms with E-state index in [2.05, 4.69) is 5.32 Å². The Hall–Kier alpha value is -1.55. The molecule has 0 bridgehead atoms. The molecule has 2 N–H and O–H groups in total. The zero-order valence-electron chi connectivity index (χ0n) is 11.8. The van der Waals surface area contributed by atoms with Crippen LogP contribution in [0.3, 0.4) is 0 Å². The van der Waals surface area contributed by atoms with Crippen molar-refractivity contribution in [1.29, 1.82) is 0 Å². The third-order valence-electron chi connectivity index (χ3n) is 3.56. The second-order valence-corrected chi connectivity index (χ2v) is 5.28. The molecule has 0 fully saturated rings. The van der Waals surface area contributed by atoms with E-state index in [1.165, 1.54) is 0 Å². The zero-order valence-corrected chi connectivity index (χ0v) is 12.5. The first-order valence-corrected chi connectivity index (χ1v) is 7.06. The van der Waals surface area contributed by atoms with Gasteiger partial charge in [0.05, 0.1) is 12.8 Å². The molecule has 0 heterocycles. The van der Waals surface area contributed by atoms with Gasteiger partial charge in [-0.05, 0) is 24.5 Å². The van der Waals surface area contributed by atoms with Crippen LogP contribution in [0.25, 0.3) is 0 Å². The van der Waals surface area contributed by atoms with Crippen molar-refractivity contribution >= 4 is 23.5 Å². The van der Waals surface area contributed by atoms with Crippen LogP contribution >= 0.6 is 11.6 Å². The Balaban J connectivity index is 2.77. The van der Waals surface area contributed by atoms with Gasteiger partial charge in [-0.3, -0.25) is 9.59 Å².